The zero-order valence-corrected chi connectivity index (χ0v) is 11.1. The van der Waals surface area contributed by atoms with Gasteiger partial charge in [0.25, 0.3) is 0 Å². The molecule has 0 saturated carbocycles. The van der Waals surface area contributed by atoms with Gasteiger partial charge in [0, 0.05) is 15.4 Å². The predicted octanol–water partition coefficient (Wildman–Crippen LogP) is 3.36. The van der Waals surface area contributed by atoms with Crippen molar-refractivity contribution in [1.82, 2.24) is 4.98 Å². The van der Waals surface area contributed by atoms with Gasteiger partial charge in [0.1, 0.15) is 5.03 Å². The summed E-state index contributed by atoms with van der Waals surface area (Å²) in [4.78, 5) is 4.18. The lowest BCUT2D eigenvalue weighted by Gasteiger charge is -2.20. The number of pyridine rings is 1. The summed E-state index contributed by atoms with van der Waals surface area (Å²) in [6.45, 7) is 3.97. The maximum absolute atomic E-state index is 9.10. The molecule has 1 rings (SSSR count). The molecule has 0 aliphatic rings. The Morgan fingerprint density at radius 1 is 1.64 bits per heavy atom. The molecule has 78 valence electrons. The van der Waals surface area contributed by atoms with Crippen molar-refractivity contribution in [1.29, 1.82) is 0 Å². The SMILES string of the molecule is CC(C)(CO)Sc1ncc(Br)cc1Cl. The quantitative estimate of drug-likeness (QED) is 0.868. The fraction of sp³-hybridized carbons (Fsp3) is 0.444. The maximum atomic E-state index is 9.10. The smallest absolute Gasteiger partial charge is 0.115 e. The van der Waals surface area contributed by atoms with E-state index >= 15 is 0 Å². The zero-order chi connectivity index (χ0) is 10.8. The van der Waals surface area contributed by atoms with E-state index in [-0.39, 0.29) is 11.4 Å². The van der Waals surface area contributed by atoms with Crippen LogP contribution >= 0.6 is 39.3 Å². The van der Waals surface area contributed by atoms with Crippen molar-refractivity contribution in [2.75, 3.05) is 6.61 Å². The van der Waals surface area contributed by atoms with E-state index in [1.807, 2.05) is 13.8 Å². The van der Waals surface area contributed by atoms with Gasteiger partial charge in [0.05, 0.1) is 11.6 Å². The molecule has 0 atom stereocenters. The highest BCUT2D eigenvalue weighted by molar-refractivity contribution is 9.10. The van der Waals surface area contributed by atoms with E-state index in [0.29, 0.717) is 5.02 Å². The lowest BCUT2D eigenvalue weighted by Crippen LogP contribution is -2.19. The molecule has 14 heavy (non-hydrogen) atoms. The van der Waals surface area contributed by atoms with Crippen LogP contribution in [0.25, 0.3) is 0 Å². The van der Waals surface area contributed by atoms with E-state index < -0.39 is 0 Å². The average Bonchev–Trinajstić information content (AvgIpc) is 2.10. The molecule has 1 aromatic heterocycles. The summed E-state index contributed by atoms with van der Waals surface area (Å²) in [6, 6.07) is 1.80. The predicted molar refractivity (Wildman–Crippen MR) is 64.0 cm³/mol. The molecule has 1 aromatic rings. The standard InChI is InChI=1S/C9H11BrClNOS/c1-9(2,5-13)14-8-7(11)3-6(10)4-12-8/h3-4,13H,5H2,1-2H3. The second-order valence-corrected chi connectivity index (χ2v) is 6.48. The van der Waals surface area contributed by atoms with Crippen molar-refractivity contribution in [2.24, 2.45) is 0 Å². The molecule has 0 aliphatic carbocycles. The van der Waals surface area contributed by atoms with Gasteiger partial charge in [-0.25, -0.2) is 4.98 Å². The van der Waals surface area contributed by atoms with Crippen LogP contribution in [0.15, 0.2) is 21.8 Å². The van der Waals surface area contributed by atoms with E-state index in [1.54, 1.807) is 12.3 Å². The number of halogens is 2. The summed E-state index contributed by atoms with van der Waals surface area (Å²) in [5, 5.41) is 10.4. The Bertz CT molecular complexity index is 333. The van der Waals surface area contributed by atoms with Crippen LogP contribution in [-0.4, -0.2) is 21.4 Å². The molecule has 0 saturated heterocycles. The molecule has 2 nitrogen and oxygen atoms in total. The second-order valence-electron chi connectivity index (χ2n) is 3.46. The molecule has 0 aliphatic heterocycles. The molecule has 1 N–H and O–H groups in total. The summed E-state index contributed by atoms with van der Waals surface area (Å²) >= 11 is 10.8. The summed E-state index contributed by atoms with van der Waals surface area (Å²) in [5.41, 5.74) is 0. The first kappa shape index (κ1) is 12.3. The Kier molecular flexibility index (Phi) is 4.25. The number of hydrogen-bond acceptors (Lipinski definition) is 3. The van der Waals surface area contributed by atoms with Gasteiger partial charge in [0.2, 0.25) is 0 Å². The largest absolute Gasteiger partial charge is 0.395 e. The summed E-state index contributed by atoms with van der Waals surface area (Å²) in [6.07, 6.45) is 1.70. The van der Waals surface area contributed by atoms with Crippen molar-refractivity contribution >= 4 is 39.3 Å². The molecule has 0 bridgehead atoms. The minimum Gasteiger partial charge on any atom is -0.395 e. The molecule has 1 heterocycles. The number of hydrogen-bond donors (Lipinski definition) is 1. The highest BCUT2D eigenvalue weighted by Gasteiger charge is 2.20. The van der Waals surface area contributed by atoms with Crippen LogP contribution in [0.1, 0.15) is 13.8 Å². The summed E-state index contributed by atoms with van der Waals surface area (Å²) in [7, 11) is 0. The number of aliphatic hydroxyl groups excluding tert-OH is 1. The van der Waals surface area contributed by atoms with Gasteiger partial charge >= 0.3 is 0 Å². The number of aromatic nitrogens is 1. The molecule has 0 aromatic carbocycles. The highest BCUT2D eigenvalue weighted by atomic mass is 79.9. The summed E-state index contributed by atoms with van der Waals surface area (Å²) in [5.74, 6) is 0. The molecule has 0 radical (unpaired) electrons. The Morgan fingerprint density at radius 3 is 2.79 bits per heavy atom. The molecule has 0 unspecified atom stereocenters. The lowest BCUT2D eigenvalue weighted by molar-refractivity contribution is 0.265. The molecular weight excluding hydrogens is 286 g/mol. The van der Waals surface area contributed by atoms with Gasteiger partial charge in [-0.05, 0) is 35.8 Å². The van der Waals surface area contributed by atoms with E-state index in [4.69, 9.17) is 16.7 Å². The van der Waals surface area contributed by atoms with E-state index in [9.17, 15) is 0 Å². The van der Waals surface area contributed by atoms with E-state index in [2.05, 4.69) is 20.9 Å². The topological polar surface area (TPSA) is 33.1 Å². The van der Waals surface area contributed by atoms with Crippen LogP contribution in [0.2, 0.25) is 5.02 Å². The monoisotopic (exact) mass is 295 g/mol. The van der Waals surface area contributed by atoms with Gasteiger partial charge in [-0.1, -0.05) is 23.4 Å². The average molecular weight is 297 g/mol. The van der Waals surface area contributed by atoms with Crippen molar-refractivity contribution in [3.8, 4) is 0 Å². The first-order valence-corrected chi connectivity index (χ1v) is 6.04. The van der Waals surface area contributed by atoms with Crippen LogP contribution in [-0.2, 0) is 0 Å². The molecule has 0 amide bonds. The fourth-order valence-corrected chi connectivity index (χ4v) is 2.37. The van der Waals surface area contributed by atoms with Crippen molar-refractivity contribution in [3.05, 3.63) is 21.8 Å². The normalized spacial score (nSPS) is 11.8. The van der Waals surface area contributed by atoms with Gasteiger partial charge in [-0.2, -0.15) is 0 Å². The first-order valence-electron chi connectivity index (χ1n) is 4.05. The van der Waals surface area contributed by atoms with Crippen LogP contribution in [0.4, 0.5) is 0 Å². The molecule has 5 heteroatoms. The number of rotatable bonds is 3. The van der Waals surface area contributed by atoms with E-state index in [1.165, 1.54) is 11.8 Å². The van der Waals surface area contributed by atoms with Crippen LogP contribution in [0.5, 0.6) is 0 Å². The number of aliphatic hydroxyl groups is 1. The molecule has 0 spiro atoms. The summed E-state index contributed by atoms with van der Waals surface area (Å²) < 4.78 is 0.596. The van der Waals surface area contributed by atoms with Crippen molar-refractivity contribution < 1.29 is 5.11 Å². The van der Waals surface area contributed by atoms with Gasteiger partial charge < -0.3 is 5.11 Å². The van der Waals surface area contributed by atoms with Crippen molar-refractivity contribution in [2.45, 2.75) is 23.6 Å². The van der Waals surface area contributed by atoms with Gasteiger partial charge in [-0.15, -0.1) is 0 Å². The molecular formula is C9H11BrClNOS. The zero-order valence-electron chi connectivity index (χ0n) is 7.92. The maximum Gasteiger partial charge on any atom is 0.115 e. The minimum absolute atomic E-state index is 0.0890. The lowest BCUT2D eigenvalue weighted by atomic mass is 10.2. The Balaban J connectivity index is 2.87. The third-order valence-electron chi connectivity index (χ3n) is 1.53. The van der Waals surface area contributed by atoms with Crippen LogP contribution in [0.3, 0.4) is 0 Å². The first-order chi connectivity index (χ1) is 6.44. The van der Waals surface area contributed by atoms with Crippen LogP contribution < -0.4 is 0 Å². The molecule has 0 fully saturated rings. The Hall–Kier alpha value is 0.230. The number of thioether (sulfide) groups is 1. The van der Waals surface area contributed by atoms with Crippen LogP contribution in [0, 0.1) is 0 Å². The third-order valence-corrected chi connectivity index (χ3v) is 3.56. The number of nitrogens with zero attached hydrogens (tertiary/aromatic N) is 1. The second kappa shape index (κ2) is 4.84. The Morgan fingerprint density at radius 2 is 2.29 bits per heavy atom. The van der Waals surface area contributed by atoms with E-state index in [0.717, 1.165) is 9.50 Å². The third kappa shape index (κ3) is 3.42. The fourth-order valence-electron chi connectivity index (χ4n) is 0.771. The minimum atomic E-state index is -0.259. The van der Waals surface area contributed by atoms with Gasteiger partial charge in [-0.3, -0.25) is 0 Å². The van der Waals surface area contributed by atoms with Crippen molar-refractivity contribution in [3.63, 3.8) is 0 Å². The Labute approximate surface area is 101 Å². The van der Waals surface area contributed by atoms with Gasteiger partial charge in [0.15, 0.2) is 0 Å². The highest BCUT2D eigenvalue weighted by Crippen LogP contribution is 2.35.